The highest BCUT2D eigenvalue weighted by Crippen LogP contribution is 2.31. The maximum atomic E-state index is 13.0. The van der Waals surface area contributed by atoms with Gasteiger partial charge in [-0.2, -0.15) is 4.98 Å². The summed E-state index contributed by atoms with van der Waals surface area (Å²) in [5.41, 5.74) is 1.53. The highest BCUT2D eigenvalue weighted by atomic mass is 16.2. The first-order valence-electron chi connectivity index (χ1n) is 10.5. The Labute approximate surface area is 175 Å². The lowest BCUT2D eigenvalue weighted by Crippen LogP contribution is -2.40. The molecule has 0 radical (unpaired) electrons. The third kappa shape index (κ3) is 3.94. The van der Waals surface area contributed by atoms with E-state index in [1.54, 1.807) is 0 Å². The number of nitrogens with zero attached hydrogens (tertiary/aromatic N) is 2. The number of nitrogens with one attached hydrogen (secondary N) is 3. The first-order valence-corrected chi connectivity index (χ1v) is 10.5. The molecule has 30 heavy (non-hydrogen) atoms. The molecule has 2 amide bonds. The van der Waals surface area contributed by atoms with E-state index < -0.39 is 5.92 Å². The Morgan fingerprint density at radius 1 is 1.30 bits per heavy atom. The second-order valence-electron chi connectivity index (χ2n) is 8.15. The van der Waals surface area contributed by atoms with Crippen LogP contribution in [0.5, 0.6) is 0 Å². The summed E-state index contributed by atoms with van der Waals surface area (Å²) in [5, 5.41) is 5.58. The predicted molar refractivity (Wildman–Crippen MR) is 116 cm³/mol. The summed E-state index contributed by atoms with van der Waals surface area (Å²) in [6.45, 7) is 5.77. The molecule has 158 valence electrons. The minimum Gasteiger partial charge on any atom is -0.342 e. The summed E-state index contributed by atoms with van der Waals surface area (Å²) in [6, 6.07) is 7.52. The van der Waals surface area contributed by atoms with Crippen LogP contribution in [0.25, 0.3) is 0 Å². The second kappa shape index (κ2) is 8.30. The minimum absolute atomic E-state index is 0.0853. The van der Waals surface area contributed by atoms with E-state index in [2.05, 4.69) is 27.5 Å². The normalized spacial score (nSPS) is 21.0. The summed E-state index contributed by atoms with van der Waals surface area (Å²) in [7, 11) is 0. The Bertz CT molecular complexity index is 1030. The number of amides is 2. The third-order valence-corrected chi connectivity index (χ3v) is 5.87. The molecule has 3 N–H and O–H groups in total. The van der Waals surface area contributed by atoms with Crippen molar-refractivity contribution in [2.45, 2.75) is 45.4 Å². The van der Waals surface area contributed by atoms with Crippen LogP contribution in [0.4, 0.5) is 17.5 Å². The molecule has 2 atom stereocenters. The van der Waals surface area contributed by atoms with Gasteiger partial charge in [0.05, 0.1) is 11.5 Å². The Morgan fingerprint density at radius 2 is 2.10 bits per heavy atom. The molecule has 1 aromatic carbocycles. The number of anilines is 3. The van der Waals surface area contributed by atoms with E-state index in [1.807, 2.05) is 36.1 Å². The van der Waals surface area contributed by atoms with Gasteiger partial charge in [-0.25, -0.2) is 0 Å². The van der Waals surface area contributed by atoms with Gasteiger partial charge < -0.3 is 15.5 Å². The largest absolute Gasteiger partial charge is 0.342 e. The lowest BCUT2D eigenvalue weighted by Gasteiger charge is -2.32. The van der Waals surface area contributed by atoms with Gasteiger partial charge in [-0.15, -0.1) is 0 Å². The van der Waals surface area contributed by atoms with Crippen molar-refractivity contribution in [2.75, 3.05) is 28.6 Å². The van der Waals surface area contributed by atoms with Gasteiger partial charge in [-0.05, 0) is 36.8 Å². The topological polar surface area (TPSA) is 107 Å². The number of aromatic nitrogens is 2. The summed E-state index contributed by atoms with van der Waals surface area (Å²) in [5.74, 6) is -0.438. The number of para-hydroxylation sites is 1. The molecule has 1 aromatic heterocycles. The highest BCUT2D eigenvalue weighted by molar-refractivity contribution is 6.04. The predicted octanol–water partition coefficient (Wildman–Crippen LogP) is 2.63. The van der Waals surface area contributed by atoms with Crippen LogP contribution in [0.15, 0.2) is 29.1 Å². The SMILES string of the molecule is CCc1ccccc1NC(=O)C1CC(=O)Nc2nc(N3CCCC(C)C3)[nH]c(=O)c21. The molecule has 1 fully saturated rings. The number of carbonyl (C=O) groups excluding carboxylic acids is 2. The monoisotopic (exact) mass is 409 g/mol. The molecule has 8 nitrogen and oxygen atoms in total. The minimum atomic E-state index is -0.885. The van der Waals surface area contributed by atoms with E-state index in [0.717, 1.165) is 37.9 Å². The lowest BCUT2D eigenvalue weighted by molar-refractivity contribution is -0.123. The molecule has 0 bridgehead atoms. The van der Waals surface area contributed by atoms with Crippen LogP contribution in [0.1, 0.15) is 50.2 Å². The van der Waals surface area contributed by atoms with Crippen LogP contribution in [-0.4, -0.2) is 34.9 Å². The first-order chi connectivity index (χ1) is 14.5. The van der Waals surface area contributed by atoms with E-state index in [1.165, 1.54) is 0 Å². The van der Waals surface area contributed by atoms with Crippen LogP contribution in [0, 0.1) is 5.92 Å². The zero-order valence-electron chi connectivity index (χ0n) is 17.3. The zero-order valence-corrected chi connectivity index (χ0v) is 17.3. The van der Waals surface area contributed by atoms with Gasteiger partial charge in [0.1, 0.15) is 5.82 Å². The van der Waals surface area contributed by atoms with E-state index in [9.17, 15) is 14.4 Å². The average molecular weight is 409 g/mol. The highest BCUT2D eigenvalue weighted by Gasteiger charge is 2.35. The summed E-state index contributed by atoms with van der Waals surface area (Å²) >= 11 is 0. The number of aromatic amines is 1. The first kappa shape index (κ1) is 20.1. The standard InChI is InChI=1S/C22H27N5O3/c1-3-14-8-4-5-9-16(14)23-20(29)15-11-17(28)24-19-18(15)21(30)26-22(25-19)27-10-6-7-13(2)12-27/h4-5,8-9,13,15H,3,6-7,10-12H2,1-2H3,(H,23,29)(H2,24,25,26,28,30). The quantitative estimate of drug-likeness (QED) is 0.720. The third-order valence-electron chi connectivity index (χ3n) is 5.87. The maximum Gasteiger partial charge on any atom is 0.258 e. The molecule has 8 heteroatoms. The Balaban J connectivity index is 1.65. The molecule has 2 aliphatic heterocycles. The molecule has 2 aromatic rings. The number of piperidine rings is 1. The van der Waals surface area contributed by atoms with Crippen LogP contribution >= 0.6 is 0 Å². The second-order valence-corrected chi connectivity index (χ2v) is 8.15. The van der Waals surface area contributed by atoms with Crippen LogP contribution in [-0.2, 0) is 16.0 Å². The van der Waals surface area contributed by atoms with Gasteiger partial charge in [-0.1, -0.05) is 32.0 Å². The van der Waals surface area contributed by atoms with Crippen molar-refractivity contribution >= 4 is 29.3 Å². The summed E-state index contributed by atoms with van der Waals surface area (Å²) in [6.07, 6.45) is 2.84. The molecular formula is C22H27N5O3. The number of benzene rings is 1. The van der Waals surface area contributed by atoms with E-state index in [4.69, 9.17) is 0 Å². The summed E-state index contributed by atoms with van der Waals surface area (Å²) < 4.78 is 0. The Kier molecular flexibility index (Phi) is 5.57. The van der Waals surface area contributed by atoms with Gasteiger partial charge in [0.25, 0.3) is 5.56 Å². The van der Waals surface area contributed by atoms with Crippen molar-refractivity contribution in [3.05, 3.63) is 45.7 Å². The molecule has 0 aliphatic carbocycles. The number of fused-ring (bicyclic) bond motifs is 1. The Hall–Kier alpha value is -3.16. The number of H-pyrrole nitrogens is 1. The molecule has 1 saturated heterocycles. The van der Waals surface area contributed by atoms with Crippen molar-refractivity contribution < 1.29 is 9.59 Å². The van der Waals surface area contributed by atoms with Gasteiger partial charge in [0.15, 0.2) is 0 Å². The number of rotatable bonds is 4. The zero-order chi connectivity index (χ0) is 21.3. The molecule has 0 spiro atoms. The van der Waals surface area contributed by atoms with E-state index in [0.29, 0.717) is 17.6 Å². The average Bonchev–Trinajstić information content (AvgIpc) is 2.73. The number of hydrogen-bond donors (Lipinski definition) is 3. The van der Waals surface area contributed by atoms with Gasteiger partial charge in [0.2, 0.25) is 17.8 Å². The fourth-order valence-corrected chi connectivity index (χ4v) is 4.29. The van der Waals surface area contributed by atoms with Crippen molar-refractivity contribution in [3.8, 4) is 0 Å². The van der Waals surface area contributed by atoms with Crippen LogP contribution in [0.3, 0.4) is 0 Å². The number of hydrogen-bond acceptors (Lipinski definition) is 5. The molecule has 0 saturated carbocycles. The van der Waals surface area contributed by atoms with E-state index >= 15 is 0 Å². The maximum absolute atomic E-state index is 13.0. The van der Waals surface area contributed by atoms with Gasteiger partial charge in [-0.3, -0.25) is 19.4 Å². The molecule has 4 rings (SSSR count). The molecule has 2 aliphatic rings. The fourth-order valence-electron chi connectivity index (χ4n) is 4.29. The van der Waals surface area contributed by atoms with Gasteiger partial charge in [0, 0.05) is 25.2 Å². The van der Waals surface area contributed by atoms with Crippen molar-refractivity contribution in [3.63, 3.8) is 0 Å². The number of aryl methyl sites for hydroxylation is 1. The van der Waals surface area contributed by atoms with Crippen LogP contribution < -0.4 is 21.1 Å². The van der Waals surface area contributed by atoms with Gasteiger partial charge >= 0.3 is 0 Å². The molecule has 3 heterocycles. The lowest BCUT2D eigenvalue weighted by atomic mass is 9.92. The van der Waals surface area contributed by atoms with Crippen LogP contribution in [0.2, 0.25) is 0 Å². The molecular weight excluding hydrogens is 382 g/mol. The van der Waals surface area contributed by atoms with Crippen molar-refractivity contribution in [2.24, 2.45) is 5.92 Å². The smallest absolute Gasteiger partial charge is 0.258 e. The Morgan fingerprint density at radius 3 is 2.87 bits per heavy atom. The van der Waals surface area contributed by atoms with Crippen molar-refractivity contribution in [1.29, 1.82) is 0 Å². The molecule has 2 unspecified atom stereocenters. The van der Waals surface area contributed by atoms with E-state index in [-0.39, 0.29) is 35.2 Å². The van der Waals surface area contributed by atoms with Crippen molar-refractivity contribution in [1.82, 2.24) is 9.97 Å². The number of carbonyl (C=O) groups is 2. The fraction of sp³-hybridized carbons (Fsp3) is 0.455. The summed E-state index contributed by atoms with van der Waals surface area (Å²) in [4.78, 5) is 47.7.